The molecule has 5 nitrogen and oxygen atoms in total. The molecule has 0 bridgehead atoms. The van der Waals surface area contributed by atoms with Gasteiger partial charge in [0.25, 0.3) is 0 Å². The summed E-state index contributed by atoms with van der Waals surface area (Å²) in [6.07, 6.45) is 0. The minimum absolute atomic E-state index is 0.0244. The summed E-state index contributed by atoms with van der Waals surface area (Å²) in [4.78, 5) is 26.4. The molecule has 2 amide bonds. The first-order chi connectivity index (χ1) is 9.38. The lowest BCUT2D eigenvalue weighted by atomic mass is 10.1. The predicted molar refractivity (Wildman–Crippen MR) is 75.3 cm³/mol. The SMILES string of the molecule is CN1CC(=O)N(Cc2cc(F)ccc2C(N)=S)CC1=O. The quantitative estimate of drug-likeness (QED) is 0.812. The second kappa shape index (κ2) is 5.54. The van der Waals surface area contributed by atoms with E-state index in [9.17, 15) is 14.0 Å². The summed E-state index contributed by atoms with van der Waals surface area (Å²) in [5.74, 6) is -0.781. The number of carbonyl (C=O) groups is 2. The lowest BCUT2D eigenvalue weighted by Crippen LogP contribution is -2.51. The molecule has 0 aromatic heterocycles. The van der Waals surface area contributed by atoms with Crippen molar-refractivity contribution in [1.82, 2.24) is 9.80 Å². The summed E-state index contributed by atoms with van der Waals surface area (Å²) in [6, 6.07) is 4.02. The van der Waals surface area contributed by atoms with Crippen LogP contribution in [0.15, 0.2) is 18.2 Å². The van der Waals surface area contributed by atoms with Crippen LogP contribution in [-0.4, -0.2) is 46.7 Å². The minimum Gasteiger partial charge on any atom is -0.389 e. The molecule has 1 fully saturated rings. The van der Waals surface area contributed by atoms with Gasteiger partial charge in [0, 0.05) is 19.2 Å². The van der Waals surface area contributed by atoms with E-state index in [0.717, 1.165) is 0 Å². The molecule has 0 unspecified atom stereocenters. The Morgan fingerprint density at radius 1 is 1.35 bits per heavy atom. The Kier molecular flexibility index (Phi) is 3.99. The van der Waals surface area contributed by atoms with E-state index in [1.165, 1.54) is 28.0 Å². The zero-order chi connectivity index (χ0) is 14.9. The van der Waals surface area contributed by atoms with Crippen LogP contribution >= 0.6 is 12.2 Å². The molecule has 2 rings (SSSR count). The molecule has 1 aromatic rings. The molecule has 7 heteroatoms. The van der Waals surface area contributed by atoms with Crippen LogP contribution in [0, 0.1) is 5.82 Å². The smallest absolute Gasteiger partial charge is 0.242 e. The van der Waals surface area contributed by atoms with Crippen molar-refractivity contribution in [3.63, 3.8) is 0 Å². The summed E-state index contributed by atoms with van der Waals surface area (Å²) in [7, 11) is 1.57. The molecule has 20 heavy (non-hydrogen) atoms. The fourth-order valence-electron chi connectivity index (χ4n) is 2.05. The van der Waals surface area contributed by atoms with E-state index in [2.05, 4.69) is 0 Å². The van der Waals surface area contributed by atoms with Crippen molar-refractivity contribution >= 4 is 29.0 Å². The van der Waals surface area contributed by atoms with Gasteiger partial charge in [-0.1, -0.05) is 12.2 Å². The normalized spacial score (nSPS) is 15.7. The van der Waals surface area contributed by atoms with Crippen molar-refractivity contribution in [2.24, 2.45) is 5.73 Å². The van der Waals surface area contributed by atoms with Gasteiger partial charge in [-0.15, -0.1) is 0 Å². The van der Waals surface area contributed by atoms with Gasteiger partial charge in [0.05, 0.1) is 6.54 Å². The lowest BCUT2D eigenvalue weighted by Gasteiger charge is -2.32. The maximum atomic E-state index is 13.3. The van der Waals surface area contributed by atoms with Crippen molar-refractivity contribution < 1.29 is 14.0 Å². The van der Waals surface area contributed by atoms with Crippen LogP contribution in [0.25, 0.3) is 0 Å². The molecule has 0 radical (unpaired) electrons. The number of halogens is 1. The van der Waals surface area contributed by atoms with Gasteiger partial charge in [-0.05, 0) is 23.8 Å². The lowest BCUT2D eigenvalue weighted by molar-refractivity contribution is -0.149. The number of thiocarbonyl (C=S) groups is 1. The number of hydrogen-bond acceptors (Lipinski definition) is 3. The molecule has 0 spiro atoms. The third-order valence-corrected chi connectivity index (χ3v) is 3.39. The number of likely N-dealkylation sites (N-methyl/N-ethyl adjacent to an activating group) is 1. The summed E-state index contributed by atoms with van der Waals surface area (Å²) in [6.45, 7) is 0.113. The van der Waals surface area contributed by atoms with Crippen LogP contribution in [0.5, 0.6) is 0 Å². The zero-order valence-electron chi connectivity index (χ0n) is 10.9. The van der Waals surface area contributed by atoms with Gasteiger partial charge >= 0.3 is 0 Å². The molecule has 0 atom stereocenters. The van der Waals surface area contributed by atoms with Crippen molar-refractivity contribution in [2.45, 2.75) is 6.54 Å². The van der Waals surface area contributed by atoms with Gasteiger partial charge in [-0.2, -0.15) is 0 Å². The topological polar surface area (TPSA) is 66.6 Å². The number of hydrogen-bond donors (Lipinski definition) is 1. The van der Waals surface area contributed by atoms with E-state index in [0.29, 0.717) is 11.1 Å². The molecular formula is C13H14FN3O2S. The molecule has 1 aliphatic heterocycles. The minimum atomic E-state index is -0.437. The first kappa shape index (κ1) is 14.4. The Morgan fingerprint density at radius 3 is 2.70 bits per heavy atom. The Morgan fingerprint density at radius 2 is 2.05 bits per heavy atom. The molecule has 1 heterocycles. The van der Waals surface area contributed by atoms with Gasteiger partial charge < -0.3 is 15.5 Å². The molecular weight excluding hydrogens is 281 g/mol. The number of nitrogens with two attached hydrogens (primary N) is 1. The van der Waals surface area contributed by atoms with Gasteiger partial charge in [-0.3, -0.25) is 9.59 Å². The maximum absolute atomic E-state index is 13.3. The summed E-state index contributed by atoms with van der Waals surface area (Å²) >= 11 is 4.91. The Balaban J connectivity index is 2.25. The molecule has 106 valence electrons. The third-order valence-electron chi connectivity index (χ3n) is 3.17. The van der Waals surface area contributed by atoms with Crippen LogP contribution in [0.2, 0.25) is 0 Å². The van der Waals surface area contributed by atoms with E-state index in [-0.39, 0.29) is 36.4 Å². The summed E-state index contributed by atoms with van der Waals surface area (Å²) in [5.41, 5.74) is 6.60. The maximum Gasteiger partial charge on any atom is 0.242 e. The number of amides is 2. The fraction of sp³-hybridized carbons (Fsp3) is 0.308. The van der Waals surface area contributed by atoms with Crippen LogP contribution in [0.1, 0.15) is 11.1 Å². The van der Waals surface area contributed by atoms with Gasteiger partial charge in [-0.25, -0.2) is 4.39 Å². The third kappa shape index (κ3) is 2.93. The molecule has 1 saturated heterocycles. The first-order valence-corrected chi connectivity index (χ1v) is 6.39. The predicted octanol–water partition coefficient (Wildman–Crippen LogP) is 0.260. The Bertz CT molecular complexity index is 591. The fourth-order valence-corrected chi connectivity index (χ4v) is 2.25. The zero-order valence-corrected chi connectivity index (χ0v) is 11.7. The van der Waals surface area contributed by atoms with Crippen molar-refractivity contribution in [3.8, 4) is 0 Å². The van der Waals surface area contributed by atoms with Gasteiger partial charge in [0.15, 0.2) is 0 Å². The average molecular weight is 295 g/mol. The highest BCUT2D eigenvalue weighted by Gasteiger charge is 2.28. The van der Waals surface area contributed by atoms with Crippen LogP contribution < -0.4 is 5.73 Å². The number of rotatable bonds is 3. The summed E-state index contributed by atoms with van der Waals surface area (Å²) in [5, 5.41) is 0. The van der Waals surface area contributed by atoms with Crippen molar-refractivity contribution in [3.05, 3.63) is 35.1 Å². The number of piperazine rings is 1. The molecule has 0 saturated carbocycles. The van der Waals surface area contributed by atoms with Crippen molar-refractivity contribution in [1.29, 1.82) is 0 Å². The Hall–Kier alpha value is -2.02. The molecule has 0 aliphatic carbocycles. The molecule has 2 N–H and O–H groups in total. The average Bonchev–Trinajstić information content (AvgIpc) is 2.35. The molecule has 1 aliphatic rings. The van der Waals surface area contributed by atoms with Crippen LogP contribution in [0.4, 0.5) is 4.39 Å². The second-order valence-corrected chi connectivity index (χ2v) is 5.11. The largest absolute Gasteiger partial charge is 0.389 e. The van der Waals surface area contributed by atoms with Gasteiger partial charge in [0.2, 0.25) is 11.8 Å². The van der Waals surface area contributed by atoms with Crippen LogP contribution in [-0.2, 0) is 16.1 Å². The molecule has 1 aromatic carbocycles. The second-order valence-electron chi connectivity index (χ2n) is 4.67. The number of benzene rings is 1. The highest BCUT2D eigenvalue weighted by molar-refractivity contribution is 7.80. The first-order valence-electron chi connectivity index (χ1n) is 5.98. The van der Waals surface area contributed by atoms with E-state index in [1.807, 2.05) is 0 Å². The van der Waals surface area contributed by atoms with E-state index < -0.39 is 5.82 Å². The number of carbonyl (C=O) groups excluding carboxylic acids is 2. The Labute approximate surface area is 121 Å². The standard InChI is InChI=1S/C13H14FN3O2S/c1-16-6-12(19)17(7-11(16)18)5-8-4-9(14)2-3-10(8)13(15)20/h2-4H,5-7H2,1H3,(H2,15,20). The van der Waals surface area contributed by atoms with E-state index in [1.54, 1.807) is 7.05 Å². The summed E-state index contributed by atoms with van der Waals surface area (Å²) < 4.78 is 13.3. The highest BCUT2D eigenvalue weighted by atomic mass is 32.1. The number of nitrogens with zero attached hydrogens (tertiary/aromatic N) is 2. The monoisotopic (exact) mass is 295 g/mol. The van der Waals surface area contributed by atoms with E-state index >= 15 is 0 Å². The highest BCUT2D eigenvalue weighted by Crippen LogP contribution is 2.16. The van der Waals surface area contributed by atoms with Crippen molar-refractivity contribution in [2.75, 3.05) is 20.1 Å². The van der Waals surface area contributed by atoms with Crippen LogP contribution in [0.3, 0.4) is 0 Å². The van der Waals surface area contributed by atoms with Gasteiger partial charge in [0.1, 0.15) is 17.4 Å². The van der Waals surface area contributed by atoms with E-state index in [4.69, 9.17) is 18.0 Å².